The topological polar surface area (TPSA) is 46.9 Å². The van der Waals surface area contributed by atoms with Gasteiger partial charge in [0.05, 0.1) is 11.9 Å². The van der Waals surface area contributed by atoms with Crippen LogP contribution in [-0.2, 0) is 6.54 Å². The van der Waals surface area contributed by atoms with E-state index in [1.807, 2.05) is 0 Å². The molecule has 0 amide bonds. The van der Waals surface area contributed by atoms with Crippen molar-refractivity contribution in [2.45, 2.75) is 25.9 Å². The van der Waals surface area contributed by atoms with E-state index in [0.29, 0.717) is 16.2 Å². The van der Waals surface area contributed by atoms with E-state index in [1.54, 1.807) is 18.0 Å². The first kappa shape index (κ1) is 15.1. The number of aromatic nitrogens is 2. The highest BCUT2D eigenvalue weighted by Crippen LogP contribution is 2.18. The molecule has 18 heavy (non-hydrogen) atoms. The second kappa shape index (κ2) is 7.49. The third kappa shape index (κ3) is 3.79. The maximum atomic E-state index is 11.9. The van der Waals surface area contributed by atoms with Crippen LogP contribution in [0.25, 0.3) is 0 Å². The highest BCUT2D eigenvalue weighted by molar-refractivity contribution is 9.10. The molecule has 0 aliphatic heterocycles. The molecule has 0 saturated heterocycles. The molecule has 0 aromatic carbocycles. The molecule has 1 atom stereocenters. The predicted octanol–water partition coefficient (Wildman–Crippen LogP) is 2.19. The first-order valence-corrected chi connectivity index (χ1v) is 7.77. The van der Waals surface area contributed by atoms with Gasteiger partial charge in [-0.15, -0.1) is 6.42 Å². The number of nitrogens with one attached hydrogen (secondary N) is 1. The lowest BCUT2D eigenvalue weighted by Crippen LogP contribution is -2.27. The van der Waals surface area contributed by atoms with Crippen LogP contribution >= 0.6 is 27.7 Å². The van der Waals surface area contributed by atoms with E-state index in [9.17, 15) is 4.79 Å². The SMILES string of the molecule is C#CCn1ncc(NC(CC)CSC)c(Br)c1=O. The summed E-state index contributed by atoms with van der Waals surface area (Å²) in [5, 5.41) is 7.35. The summed E-state index contributed by atoms with van der Waals surface area (Å²) in [4.78, 5) is 11.9. The number of anilines is 1. The third-order valence-corrected chi connectivity index (χ3v) is 3.95. The van der Waals surface area contributed by atoms with Gasteiger partial charge < -0.3 is 5.32 Å². The van der Waals surface area contributed by atoms with Crippen molar-refractivity contribution < 1.29 is 0 Å². The normalized spacial score (nSPS) is 11.9. The van der Waals surface area contributed by atoms with Crippen molar-refractivity contribution in [3.8, 4) is 12.3 Å². The Morgan fingerprint density at radius 1 is 1.72 bits per heavy atom. The summed E-state index contributed by atoms with van der Waals surface area (Å²) in [5.74, 6) is 3.38. The molecule has 0 saturated carbocycles. The Kier molecular flexibility index (Phi) is 6.30. The van der Waals surface area contributed by atoms with Gasteiger partial charge in [-0.3, -0.25) is 4.79 Å². The van der Waals surface area contributed by atoms with Gasteiger partial charge in [0.15, 0.2) is 0 Å². The van der Waals surface area contributed by atoms with Crippen LogP contribution in [0.3, 0.4) is 0 Å². The summed E-state index contributed by atoms with van der Waals surface area (Å²) in [5.41, 5.74) is 0.506. The summed E-state index contributed by atoms with van der Waals surface area (Å²) in [6, 6.07) is 0.320. The van der Waals surface area contributed by atoms with E-state index in [0.717, 1.165) is 12.2 Å². The molecule has 6 heteroatoms. The van der Waals surface area contributed by atoms with Crippen LogP contribution in [0.15, 0.2) is 15.5 Å². The van der Waals surface area contributed by atoms with Crippen LogP contribution in [0, 0.1) is 12.3 Å². The Balaban J connectivity index is 2.95. The molecule has 1 rings (SSSR count). The average molecular weight is 330 g/mol. The van der Waals surface area contributed by atoms with E-state index in [1.165, 1.54) is 4.68 Å². The summed E-state index contributed by atoms with van der Waals surface area (Å²) < 4.78 is 1.73. The van der Waals surface area contributed by atoms with Crippen molar-refractivity contribution in [2.75, 3.05) is 17.3 Å². The van der Waals surface area contributed by atoms with E-state index >= 15 is 0 Å². The van der Waals surface area contributed by atoms with Crippen LogP contribution < -0.4 is 10.9 Å². The number of hydrogen-bond donors (Lipinski definition) is 1. The Morgan fingerprint density at radius 2 is 2.44 bits per heavy atom. The van der Waals surface area contributed by atoms with Crippen LogP contribution in [0.5, 0.6) is 0 Å². The smallest absolute Gasteiger partial charge is 0.284 e. The van der Waals surface area contributed by atoms with Crippen LogP contribution in [0.4, 0.5) is 5.69 Å². The largest absolute Gasteiger partial charge is 0.379 e. The highest BCUT2D eigenvalue weighted by atomic mass is 79.9. The molecule has 1 heterocycles. The molecule has 0 bridgehead atoms. The zero-order chi connectivity index (χ0) is 13.5. The maximum Gasteiger partial charge on any atom is 0.284 e. The zero-order valence-corrected chi connectivity index (χ0v) is 12.8. The molecule has 4 nitrogen and oxygen atoms in total. The van der Waals surface area contributed by atoms with E-state index in [2.05, 4.69) is 45.4 Å². The minimum absolute atomic E-state index is 0.180. The third-order valence-electron chi connectivity index (χ3n) is 2.45. The summed E-state index contributed by atoms with van der Waals surface area (Å²) in [6.45, 7) is 2.29. The number of rotatable bonds is 6. The average Bonchev–Trinajstić information content (AvgIpc) is 2.37. The monoisotopic (exact) mass is 329 g/mol. The fraction of sp³-hybridized carbons (Fsp3) is 0.500. The number of nitrogens with zero attached hydrogens (tertiary/aromatic N) is 2. The fourth-order valence-electron chi connectivity index (χ4n) is 1.45. The van der Waals surface area contributed by atoms with Crippen molar-refractivity contribution in [3.05, 3.63) is 21.0 Å². The van der Waals surface area contributed by atoms with Gasteiger partial charge >= 0.3 is 0 Å². The van der Waals surface area contributed by atoms with E-state index < -0.39 is 0 Å². The molecular formula is C12H16BrN3OS. The quantitative estimate of drug-likeness (QED) is 0.813. The molecule has 0 aliphatic rings. The lowest BCUT2D eigenvalue weighted by atomic mass is 10.2. The molecule has 0 spiro atoms. The van der Waals surface area contributed by atoms with E-state index in [-0.39, 0.29) is 12.1 Å². The van der Waals surface area contributed by atoms with Crippen molar-refractivity contribution in [1.82, 2.24) is 9.78 Å². The van der Waals surface area contributed by atoms with Crippen LogP contribution in [-0.4, -0.2) is 27.8 Å². The Bertz CT molecular complexity index is 495. The van der Waals surface area contributed by atoms with Gasteiger partial charge in [-0.05, 0) is 28.6 Å². The number of terminal acetylenes is 1. The van der Waals surface area contributed by atoms with E-state index in [4.69, 9.17) is 6.42 Å². The standard InChI is InChI=1S/C12H16BrN3OS/c1-4-6-16-12(17)11(13)10(7-14-16)15-9(5-2)8-18-3/h1,7,9,15H,5-6,8H2,2-3H3. The van der Waals surface area contributed by atoms with Gasteiger partial charge in [0.2, 0.25) is 0 Å². The molecular weight excluding hydrogens is 314 g/mol. The Labute approximate surface area is 120 Å². The highest BCUT2D eigenvalue weighted by Gasteiger charge is 2.11. The van der Waals surface area contributed by atoms with Gasteiger partial charge in [0.25, 0.3) is 5.56 Å². The molecule has 1 N–H and O–H groups in total. The molecule has 0 aliphatic carbocycles. The van der Waals surface area contributed by atoms with Crippen molar-refractivity contribution in [2.24, 2.45) is 0 Å². The second-order valence-electron chi connectivity index (χ2n) is 3.74. The van der Waals surface area contributed by atoms with Gasteiger partial charge in [0.1, 0.15) is 11.0 Å². The van der Waals surface area contributed by atoms with Gasteiger partial charge in [-0.25, -0.2) is 4.68 Å². The summed E-state index contributed by atoms with van der Waals surface area (Å²) in [6.07, 6.45) is 9.85. The second-order valence-corrected chi connectivity index (χ2v) is 5.45. The van der Waals surface area contributed by atoms with Gasteiger partial charge in [0, 0.05) is 11.8 Å². The Hall–Kier alpha value is -0.930. The summed E-state index contributed by atoms with van der Waals surface area (Å²) >= 11 is 5.07. The lowest BCUT2D eigenvalue weighted by molar-refractivity contribution is 0.657. The number of hydrogen-bond acceptors (Lipinski definition) is 4. The van der Waals surface area contributed by atoms with Crippen LogP contribution in [0.1, 0.15) is 13.3 Å². The zero-order valence-electron chi connectivity index (χ0n) is 10.4. The first-order valence-electron chi connectivity index (χ1n) is 5.58. The molecule has 0 fully saturated rings. The minimum Gasteiger partial charge on any atom is -0.379 e. The first-order chi connectivity index (χ1) is 8.63. The number of thioether (sulfide) groups is 1. The van der Waals surface area contributed by atoms with Gasteiger partial charge in [-0.1, -0.05) is 12.8 Å². The molecule has 1 aromatic heterocycles. The maximum absolute atomic E-state index is 11.9. The fourth-order valence-corrected chi connectivity index (χ4v) is 2.59. The number of halogens is 1. The molecule has 1 unspecified atom stereocenters. The van der Waals surface area contributed by atoms with Crippen molar-refractivity contribution >= 4 is 33.4 Å². The summed E-state index contributed by atoms with van der Waals surface area (Å²) in [7, 11) is 0. The lowest BCUT2D eigenvalue weighted by Gasteiger charge is -2.18. The molecule has 1 aromatic rings. The van der Waals surface area contributed by atoms with Gasteiger partial charge in [-0.2, -0.15) is 16.9 Å². The predicted molar refractivity (Wildman–Crippen MR) is 81.1 cm³/mol. The minimum atomic E-state index is -0.211. The van der Waals surface area contributed by atoms with Crippen LogP contribution in [0.2, 0.25) is 0 Å². The molecule has 98 valence electrons. The van der Waals surface area contributed by atoms with Crippen molar-refractivity contribution in [3.63, 3.8) is 0 Å². The van der Waals surface area contributed by atoms with Crippen molar-refractivity contribution in [1.29, 1.82) is 0 Å². The Morgan fingerprint density at radius 3 is 3.00 bits per heavy atom. The molecule has 0 radical (unpaired) electrons.